The number of nitrogens with zero attached hydrogens (tertiary/aromatic N) is 5. The number of carbonyl (C=O) groups excluding carboxylic acids is 2. The van der Waals surface area contributed by atoms with Crippen LogP contribution < -0.4 is 10.6 Å². The Kier molecular flexibility index (Phi) is 6.28. The molecule has 10 nitrogen and oxygen atoms in total. The third-order valence-corrected chi connectivity index (χ3v) is 4.82. The molecule has 3 aromatic rings. The quantitative estimate of drug-likeness (QED) is 0.580. The van der Waals surface area contributed by atoms with Gasteiger partial charge in [0.2, 0.25) is 5.91 Å². The van der Waals surface area contributed by atoms with E-state index in [0.29, 0.717) is 11.5 Å². The van der Waals surface area contributed by atoms with Crippen molar-refractivity contribution in [3.05, 3.63) is 41.9 Å². The number of hydrogen-bond donors (Lipinski definition) is 2. The van der Waals surface area contributed by atoms with Crippen LogP contribution in [0.25, 0.3) is 11.4 Å². The molecule has 0 atom stereocenters. The SMILES string of the molecule is C.COC(=O)c1nnc(NC(=O)C2CC2)cc1Nc1cccc(-c2ncn(C)n2)c1C. The second kappa shape index (κ2) is 8.90. The van der Waals surface area contributed by atoms with E-state index in [-0.39, 0.29) is 30.8 Å². The molecule has 2 aromatic heterocycles. The van der Waals surface area contributed by atoms with Crippen molar-refractivity contribution in [1.29, 1.82) is 0 Å². The molecular formula is C21H25N7O3. The first-order chi connectivity index (χ1) is 14.5. The third-order valence-electron chi connectivity index (χ3n) is 4.82. The summed E-state index contributed by atoms with van der Waals surface area (Å²) in [6.45, 7) is 1.93. The number of aryl methyl sites for hydroxylation is 1. The molecule has 0 spiro atoms. The highest BCUT2D eigenvalue weighted by atomic mass is 16.5. The Hall–Kier alpha value is -3.82. The maximum Gasteiger partial charge on any atom is 0.360 e. The molecule has 4 rings (SSSR count). The van der Waals surface area contributed by atoms with Crippen LogP contribution in [0, 0.1) is 12.8 Å². The van der Waals surface area contributed by atoms with E-state index in [0.717, 1.165) is 29.7 Å². The number of aromatic nitrogens is 5. The van der Waals surface area contributed by atoms with Gasteiger partial charge in [0.1, 0.15) is 6.33 Å². The second-order valence-corrected chi connectivity index (χ2v) is 7.09. The van der Waals surface area contributed by atoms with E-state index in [2.05, 4.69) is 30.9 Å². The number of amides is 1. The molecule has 1 amide bonds. The van der Waals surface area contributed by atoms with Crippen LogP contribution in [0.4, 0.5) is 17.2 Å². The highest BCUT2D eigenvalue weighted by Gasteiger charge is 2.30. The van der Waals surface area contributed by atoms with Crippen LogP contribution in [0.5, 0.6) is 0 Å². The van der Waals surface area contributed by atoms with E-state index in [9.17, 15) is 9.59 Å². The largest absolute Gasteiger partial charge is 0.464 e. The number of nitrogens with one attached hydrogen (secondary N) is 2. The molecule has 2 heterocycles. The summed E-state index contributed by atoms with van der Waals surface area (Å²) in [6, 6.07) is 7.22. The van der Waals surface area contributed by atoms with E-state index in [1.807, 2.05) is 25.1 Å². The first-order valence-electron chi connectivity index (χ1n) is 9.46. The Morgan fingerprint density at radius 1 is 1.19 bits per heavy atom. The zero-order valence-corrected chi connectivity index (χ0v) is 16.8. The number of hydrogen-bond acceptors (Lipinski definition) is 8. The minimum absolute atomic E-state index is 0. The molecule has 1 saturated carbocycles. The maximum absolute atomic E-state index is 12.2. The van der Waals surface area contributed by atoms with Crippen molar-refractivity contribution in [3.8, 4) is 11.4 Å². The van der Waals surface area contributed by atoms with Crippen molar-refractivity contribution in [2.75, 3.05) is 17.7 Å². The van der Waals surface area contributed by atoms with E-state index >= 15 is 0 Å². The molecule has 1 aliphatic carbocycles. The Bertz CT molecular complexity index is 1120. The minimum atomic E-state index is -0.634. The molecule has 1 aromatic carbocycles. The van der Waals surface area contributed by atoms with Gasteiger partial charge in [0, 0.05) is 30.3 Å². The lowest BCUT2D eigenvalue weighted by Crippen LogP contribution is -2.17. The van der Waals surface area contributed by atoms with Gasteiger partial charge in [-0.05, 0) is 31.4 Å². The van der Waals surface area contributed by atoms with Crippen LogP contribution >= 0.6 is 0 Å². The van der Waals surface area contributed by atoms with E-state index < -0.39 is 5.97 Å². The van der Waals surface area contributed by atoms with E-state index in [1.165, 1.54) is 7.11 Å². The van der Waals surface area contributed by atoms with Gasteiger partial charge in [-0.25, -0.2) is 9.78 Å². The molecule has 31 heavy (non-hydrogen) atoms. The number of carbonyl (C=O) groups is 2. The molecule has 0 unspecified atom stereocenters. The first kappa shape index (κ1) is 21.9. The molecule has 10 heteroatoms. The molecule has 0 bridgehead atoms. The van der Waals surface area contributed by atoms with Crippen LogP contribution in [-0.2, 0) is 16.6 Å². The third kappa shape index (κ3) is 4.68. The van der Waals surface area contributed by atoms with Crippen molar-refractivity contribution in [3.63, 3.8) is 0 Å². The zero-order chi connectivity index (χ0) is 21.3. The van der Waals surface area contributed by atoms with Crippen LogP contribution in [0.2, 0.25) is 0 Å². The van der Waals surface area contributed by atoms with Crippen molar-refractivity contribution < 1.29 is 14.3 Å². The topological polar surface area (TPSA) is 124 Å². The van der Waals surface area contributed by atoms with Gasteiger partial charge in [0.05, 0.1) is 12.8 Å². The fraction of sp³-hybridized carbons (Fsp3) is 0.333. The Morgan fingerprint density at radius 3 is 2.61 bits per heavy atom. The van der Waals surface area contributed by atoms with Crippen molar-refractivity contribution in [1.82, 2.24) is 25.0 Å². The molecule has 2 N–H and O–H groups in total. The zero-order valence-electron chi connectivity index (χ0n) is 16.8. The molecular weight excluding hydrogens is 398 g/mol. The van der Waals surface area contributed by atoms with Crippen LogP contribution in [-0.4, -0.2) is 43.9 Å². The highest BCUT2D eigenvalue weighted by Crippen LogP contribution is 2.32. The van der Waals surface area contributed by atoms with Crippen molar-refractivity contribution >= 4 is 29.1 Å². The number of esters is 1. The van der Waals surface area contributed by atoms with Gasteiger partial charge in [0.15, 0.2) is 17.3 Å². The standard InChI is InChI=1S/C20H21N7O3.CH4/c1-11-13(18-21-10-27(2)26-18)5-4-6-14(11)22-15-9-16(23-19(28)12-7-8-12)24-25-17(15)20(29)30-3;/h4-6,9-10,12H,7-8H2,1-3H3,(H2,22,23,24,28);1H4. The number of ether oxygens (including phenoxy) is 1. The first-order valence-corrected chi connectivity index (χ1v) is 9.46. The lowest BCUT2D eigenvalue weighted by atomic mass is 10.1. The van der Waals surface area contributed by atoms with E-state index in [1.54, 1.807) is 24.1 Å². The fourth-order valence-corrected chi connectivity index (χ4v) is 2.99. The van der Waals surface area contributed by atoms with Crippen molar-refractivity contribution in [2.24, 2.45) is 13.0 Å². The number of anilines is 3. The molecule has 162 valence electrons. The number of methoxy groups -OCH3 is 1. The van der Waals surface area contributed by atoms with Gasteiger partial charge in [-0.3, -0.25) is 9.48 Å². The Labute approximate surface area is 180 Å². The summed E-state index contributed by atoms with van der Waals surface area (Å²) in [5.74, 6) is 0.151. The van der Waals surface area contributed by atoms with Crippen LogP contribution in [0.1, 0.15) is 36.3 Å². The molecule has 0 radical (unpaired) electrons. The summed E-state index contributed by atoms with van der Waals surface area (Å²) in [5.41, 5.74) is 2.86. The summed E-state index contributed by atoms with van der Waals surface area (Å²) < 4.78 is 6.45. The van der Waals surface area contributed by atoms with Gasteiger partial charge < -0.3 is 15.4 Å². The predicted octanol–water partition coefficient (Wildman–Crippen LogP) is 3.10. The second-order valence-electron chi connectivity index (χ2n) is 7.09. The summed E-state index contributed by atoms with van der Waals surface area (Å²) in [4.78, 5) is 28.6. The monoisotopic (exact) mass is 423 g/mol. The highest BCUT2D eigenvalue weighted by molar-refractivity contribution is 5.97. The molecule has 1 fully saturated rings. The van der Waals surface area contributed by atoms with Gasteiger partial charge >= 0.3 is 5.97 Å². The average Bonchev–Trinajstić information content (AvgIpc) is 3.50. The van der Waals surface area contributed by atoms with Gasteiger partial charge in [0.25, 0.3) is 0 Å². The van der Waals surface area contributed by atoms with Crippen LogP contribution in [0.3, 0.4) is 0 Å². The Morgan fingerprint density at radius 2 is 1.97 bits per heavy atom. The minimum Gasteiger partial charge on any atom is -0.464 e. The smallest absolute Gasteiger partial charge is 0.360 e. The normalized spacial score (nSPS) is 12.6. The number of benzene rings is 1. The number of rotatable bonds is 6. The van der Waals surface area contributed by atoms with E-state index in [4.69, 9.17) is 4.74 Å². The van der Waals surface area contributed by atoms with Gasteiger partial charge in [-0.15, -0.1) is 10.2 Å². The molecule has 0 aliphatic heterocycles. The maximum atomic E-state index is 12.2. The summed E-state index contributed by atoms with van der Waals surface area (Å²) in [5, 5.41) is 18.2. The predicted molar refractivity (Wildman–Crippen MR) is 116 cm³/mol. The summed E-state index contributed by atoms with van der Waals surface area (Å²) >= 11 is 0. The molecule has 0 saturated heterocycles. The van der Waals surface area contributed by atoms with Crippen LogP contribution in [0.15, 0.2) is 30.6 Å². The lowest BCUT2D eigenvalue weighted by molar-refractivity contribution is -0.117. The van der Waals surface area contributed by atoms with Gasteiger partial charge in [-0.1, -0.05) is 19.6 Å². The Balaban J connectivity index is 0.00000272. The average molecular weight is 423 g/mol. The van der Waals surface area contributed by atoms with Gasteiger partial charge in [-0.2, -0.15) is 5.10 Å². The summed E-state index contributed by atoms with van der Waals surface area (Å²) in [6.07, 6.45) is 3.38. The summed E-state index contributed by atoms with van der Waals surface area (Å²) in [7, 11) is 3.08. The molecule has 1 aliphatic rings. The lowest BCUT2D eigenvalue weighted by Gasteiger charge is -2.14. The fourth-order valence-electron chi connectivity index (χ4n) is 2.99. The van der Waals surface area contributed by atoms with Crippen molar-refractivity contribution in [2.45, 2.75) is 27.2 Å².